The molecule has 3 rings (SSSR count). The molecule has 0 aliphatic carbocycles. The molecule has 1 aliphatic heterocycles. The second kappa shape index (κ2) is 9.70. The fourth-order valence-corrected chi connectivity index (χ4v) is 5.55. The molecule has 2 aromatic rings. The number of hydrogen-bond acceptors (Lipinski definition) is 5. The highest BCUT2D eigenvalue weighted by molar-refractivity contribution is 7.89. The molecular formula is C23H30N2O5S. The molecule has 2 aromatic carbocycles. The third-order valence-electron chi connectivity index (χ3n) is 5.83. The van der Waals surface area contributed by atoms with Crippen molar-refractivity contribution in [3.05, 3.63) is 48.0 Å². The van der Waals surface area contributed by atoms with Crippen LogP contribution in [-0.4, -0.2) is 45.4 Å². The molecule has 8 heteroatoms. The number of sulfonamides is 1. The molecular weight excluding hydrogens is 416 g/mol. The summed E-state index contributed by atoms with van der Waals surface area (Å²) in [5, 5.41) is 2.97. The van der Waals surface area contributed by atoms with E-state index in [1.165, 1.54) is 30.7 Å². The van der Waals surface area contributed by atoms with E-state index in [1.54, 1.807) is 6.07 Å². The molecule has 0 bridgehead atoms. The predicted molar refractivity (Wildman–Crippen MR) is 120 cm³/mol. The Morgan fingerprint density at radius 3 is 2.55 bits per heavy atom. The molecule has 0 saturated carbocycles. The van der Waals surface area contributed by atoms with E-state index in [0.717, 1.165) is 17.7 Å². The van der Waals surface area contributed by atoms with E-state index >= 15 is 0 Å². The fourth-order valence-electron chi connectivity index (χ4n) is 3.88. The Morgan fingerprint density at radius 2 is 1.87 bits per heavy atom. The smallest absolute Gasteiger partial charge is 0.243 e. The first-order chi connectivity index (χ1) is 14.8. The lowest BCUT2D eigenvalue weighted by Crippen LogP contribution is -2.43. The van der Waals surface area contributed by atoms with Gasteiger partial charge in [-0.15, -0.1) is 0 Å². The molecule has 7 nitrogen and oxygen atoms in total. The summed E-state index contributed by atoms with van der Waals surface area (Å²) in [4.78, 5) is 13.2. The lowest BCUT2D eigenvalue weighted by Gasteiger charge is -2.25. The third-order valence-corrected chi connectivity index (χ3v) is 7.73. The monoisotopic (exact) mass is 446 g/mol. The van der Waals surface area contributed by atoms with Crippen LogP contribution in [0.1, 0.15) is 44.6 Å². The molecule has 31 heavy (non-hydrogen) atoms. The largest absolute Gasteiger partial charge is 0.493 e. The summed E-state index contributed by atoms with van der Waals surface area (Å²) in [6.45, 7) is 4.49. The molecule has 1 N–H and O–H groups in total. The van der Waals surface area contributed by atoms with Crippen LogP contribution in [0, 0.1) is 0 Å². The Labute approximate surface area is 184 Å². The van der Waals surface area contributed by atoms with E-state index in [0.29, 0.717) is 30.9 Å². The van der Waals surface area contributed by atoms with Gasteiger partial charge in [0, 0.05) is 18.3 Å². The van der Waals surface area contributed by atoms with Crippen LogP contribution >= 0.6 is 0 Å². The molecule has 168 valence electrons. The normalized spacial score (nSPS) is 17.9. The summed E-state index contributed by atoms with van der Waals surface area (Å²) in [5.41, 5.74) is 1.78. The molecule has 1 aliphatic rings. The van der Waals surface area contributed by atoms with E-state index in [9.17, 15) is 13.2 Å². The number of nitrogens with zero attached hydrogens (tertiary/aromatic N) is 1. The number of carbonyl (C=O) groups excluding carboxylic acids is 1. The number of hydrogen-bond donors (Lipinski definition) is 1. The fraction of sp³-hybridized carbons (Fsp3) is 0.435. The summed E-state index contributed by atoms with van der Waals surface area (Å²) in [6, 6.07) is 11.4. The second-order valence-corrected chi connectivity index (χ2v) is 9.57. The van der Waals surface area contributed by atoms with E-state index in [2.05, 4.69) is 19.2 Å². The van der Waals surface area contributed by atoms with Gasteiger partial charge in [-0.05, 0) is 48.9 Å². The van der Waals surface area contributed by atoms with Crippen molar-refractivity contribution in [3.8, 4) is 11.5 Å². The maximum Gasteiger partial charge on any atom is 0.243 e. The zero-order valence-electron chi connectivity index (χ0n) is 18.4. The predicted octanol–water partition coefficient (Wildman–Crippen LogP) is 4.01. The van der Waals surface area contributed by atoms with Gasteiger partial charge in [-0.2, -0.15) is 4.31 Å². The van der Waals surface area contributed by atoms with E-state index in [4.69, 9.17) is 9.47 Å². The van der Waals surface area contributed by atoms with E-state index < -0.39 is 16.1 Å². The summed E-state index contributed by atoms with van der Waals surface area (Å²) in [6.07, 6.45) is 2.04. The number of amides is 1. The minimum Gasteiger partial charge on any atom is -0.493 e. The van der Waals surface area contributed by atoms with Crippen molar-refractivity contribution < 1.29 is 22.7 Å². The van der Waals surface area contributed by atoms with Crippen molar-refractivity contribution in [2.45, 2.75) is 50.0 Å². The number of benzene rings is 2. The van der Waals surface area contributed by atoms with Gasteiger partial charge < -0.3 is 14.8 Å². The molecule has 2 atom stereocenters. The lowest BCUT2D eigenvalue weighted by atomic mass is 9.97. The van der Waals surface area contributed by atoms with Crippen molar-refractivity contribution in [1.82, 2.24) is 4.31 Å². The molecule has 1 amide bonds. The number of ether oxygens (including phenoxy) is 2. The number of para-hydroxylation sites is 1. The van der Waals surface area contributed by atoms with Crippen molar-refractivity contribution in [2.24, 2.45) is 0 Å². The number of methoxy groups -OCH3 is 2. The summed E-state index contributed by atoms with van der Waals surface area (Å²) >= 11 is 0. The Morgan fingerprint density at radius 1 is 1.16 bits per heavy atom. The van der Waals surface area contributed by atoms with Crippen LogP contribution in [0.25, 0.3) is 0 Å². The molecule has 1 saturated heterocycles. The summed E-state index contributed by atoms with van der Waals surface area (Å²) in [7, 11) is -0.933. The van der Waals surface area contributed by atoms with Crippen molar-refractivity contribution in [3.63, 3.8) is 0 Å². The van der Waals surface area contributed by atoms with Gasteiger partial charge in [0.15, 0.2) is 11.5 Å². The van der Waals surface area contributed by atoms with Crippen molar-refractivity contribution in [1.29, 1.82) is 0 Å². The molecule has 0 spiro atoms. The highest BCUT2D eigenvalue weighted by Gasteiger charge is 2.40. The summed E-state index contributed by atoms with van der Waals surface area (Å²) in [5.74, 6) is 0.744. The van der Waals surface area contributed by atoms with Gasteiger partial charge >= 0.3 is 0 Å². The van der Waals surface area contributed by atoms with Crippen LogP contribution < -0.4 is 14.8 Å². The van der Waals surface area contributed by atoms with Crippen LogP contribution in [0.15, 0.2) is 47.4 Å². The molecule has 0 radical (unpaired) electrons. The third kappa shape index (κ3) is 4.70. The Balaban J connectivity index is 1.86. The topological polar surface area (TPSA) is 84.9 Å². The minimum atomic E-state index is -3.88. The van der Waals surface area contributed by atoms with Crippen LogP contribution in [-0.2, 0) is 14.8 Å². The number of carbonyl (C=O) groups is 1. The Kier molecular flexibility index (Phi) is 7.23. The van der Waals surface area contributed by atoms with E-state index in [1.807, 2.05) is 24.3 Å². The molecule has 2 unspecified atom stereocenters. The first-order valence-electron chi connectivity index (χ1n) is 10.5. The first kappa shape index (κ1) is 23.1. The zero-order chi connectivity index (χ0) is 22.6. The van der Waals surface area contributed by atoms with E-state index in [-0.39, 0.29) is 16.7 Å². The quantitative estimate of drug-likeness (QED) is 0.662. The lowest BCUT2D eigenvalue weighted by molar-refractivity contribution is -0.119. The maximum absolute atomic E-state index is 13.3. The summed E-state index contributed by atoms with van der Waals surface area (Å²) < 4.78 is 38.4. The van der Waals surface area contributed by atoms with Crippen LogP contribution in [0.4, 0.5) is 5.69 Å². The standard InChI is InChI=1S/C23H30N2O5S/c1-5-16(2)18-9-6-7-10-19(18)24-23(26)20-11-8-14-25(20)31(27,28)17-12-13-21(29-3)22(15-17)30-4/h6-7,9-10,12-13,15-16,20H,5,8,11,14H2,1-4H3,(H,24,26). The van der Waals surface area contributed by atoms with Gasteiger partial charge in [0.2, 0.25) is 15.9 Å². The van der Waals surface area contributed by atoms with Gasteiger partial charge in [0.05, 0.1) is 19.1 Å². The SMILES string of the molecule is CCC(C)c1ccccc1NC(=O)C1CCCN1S(=O)(=O)c1ccc(OC)c(OC)c1. The van der Waals surface area contributed by atoms with Gasteiger partial charge in [0.1, 0.15) is 6.04 Å². The molecule has 0 aromatic heterocycles. The van der Waals surface area contributed by atoms with Crippen LogP contribution in [0.5, 0.6) is 11.5 Å². The van der Waals surface area contributed by atoms with Gasteiger partial charge in [-0.25, -0.2) is 8.42 Å². The maximum atomic E-state index is 13.3. The molecule has 1 heterocycles. The second-order valence-electron chi connectivity index (χ2n) is 7.68. The number of anilines is 1. The Bertz CT molecular complexity index is 1040. The number of rotatable bonds is 8. The van der Waals surface area contributed by atoms with Crippen LogP contribution in [0.3, 0.4) is 0 Å². The number of nitrogens with one attached hydrogen (secondary N) is 1. The first-order valence-corrected chi connectivity index (χ1v) is 11.9. The highest BCUT2D eigenvalue weighted by Crippen LogP contribution is 2.34. The minimum absolute atomic E-state index is 0.0739. The van der Waals surface area contributed by atoms with Crippen molar-refractivity contribution >= 4 is 21.6 Å². The Hall–Kier alpha value is -2.58. The zero-order valence-corrected chi connectivity index (χ0v) is 19.2. The van der Waals surface area contributed by atoms with Gasteiger partial charge in [0.25, 0.3) is 0 Å². The average molecular weight is 447 g/mol. The van der Waals surface area contributed by atoms with Gasteiger partial charge in [-0.1, -0.05) is 32.0 Å². The highest BCUT2D eigenvalue weighted by atomic mass is 32.2. The van der Waals surface area contributed by atoms with Gasteiger partial charge in [-0.3, -0.25) is 4.79 Å². The van der Waals surface area contributed by atoms with Crippen molar-refractivity contribution in [2.75, 3.05) is 26.1 Å². The average Bonchev–Trinajstić information content (AvgIpc) is 3.29. The molecule has 1 fully saturated rings. The van der Waals surface area contributed by atoms with Crippen LogP contribution in [0.2, 0.25) is 0 Å².